The minimum absolute atomic E-state index is 0.0824. The van der Waals surface area contributed by atoms with Gasteiger partial charge in [0.05, 0.1) is 12.1 Å². The van der Waals surface area contributed by atoms with Crippen LogP contribution in [0.5, 0.6) is 0 Å². The standard InChI is InChI=1S/C11H7Cl2FO2/c1-16-10(15)4-2-3-7-5-8(12)6-9(14)11(7)13/h5-6H,4H2,1H3. The summed E-state index contributed by atoms with van der Waals surface area (Å²) in [6.45, 7) is 0. The first-order valence-corrected chi connectivity index (χ1v) is 5.00. The molecule has 0 unspecified atom stereocenters. The summed E-state index contributed by atoms with van der Waals surface area (Å²) in [5.74, 6) is 3.96. The van der Waals surface area contributed by atoms with Crippen LogP contribution in [0, 0.1) is 17.7 Å². The van der Waals surface area contributed by atoms with E-state index in [4.69, 9.17) is 23.2 Å². The first kappa shape index (κ1) is 12.8. The van der Waals surface area contributed by atoms with Crippen molar-refractivity contribution in [2.75, 3.05) is 7.11 Å². The quantitative estimate of drug-likeness (QED) is 0.441. The number of esters is 1. The molecule has 84 valence electrons. The highest BCUT2D eigenvalue weighted by atomic mass is 35.5. The molecule has 2 nitrogen and oxygen atoms in total. The van der Waals surface area contributed by atoms with E-state index >= 15 is 0 Å². The molecule has 0 atom stereocenters. The van der Waals surface area contributed by atoms with Crippen molar-refractivity contribution in [3.05, 3.63) is 33.6 Å². The predicted molar refractivity (Wildman–Crippen MR) is 59.9 cm³/mol. The summed E-state index contributed by atoms with van der Waals surface area (Å²) in [5.41, 5.74) is 0.246. The van der Waals surface area contributed by atoms with Crippen LogP contribution in [0.4, 0.5) is 4.39 Å². The maximum Gasteiger partial charge on any atom is 0.317 e. The first-order valence-electron chi connectivity index (χ1n) is 4.25. The Morgan fingerprint density at radius 1 is 1.50 bits per heavy atom. The predicted octanol–water partition coefficient (Wildman–Crippen LogP) is 3.05. The fourth-order valence-corrected chi connectivity index (χ4v) is 1.29. The smallest absolute Gasteiger partial charge is 0.317 e. The molecule has 0 aliphatic rings. The molecular weight excluding hydrogens is 254 g/mol. The zero-order chi connectivity index (χ0) is 12.1. The Labute approximate surface area is 102 Å². The highest BCUT2D eigenvalue weighted by molar-refractivity contribution is 6.34. The van der Waals surface area contributed by atoms with Gasteiger partial charge < -0.3 is 4.74 Å². The summed E-state index contributed by atoms with van der Waals surface area (Å²) in [4.78, 5) is 10.8. The lowest BCUT2D eigenvalue weighted by atomic mass is 10.2. The Morgan fingerprint density at radius 3 is 2.81 bits per heavy atom. The van der Waals surface area contributed by atoms with Crippen LogP contribution >= 0.6 is 23.2 Å². The van der Waals surface area contributed by atoms with Gasteiger partial charge in [0.15, 0.2) is 0 Å². The van der Waals surface area contributed by atoms with Crippen molar-refractivity contribution >= 4 is 29.2 Å². The Kier molecular flexibility index (Phi) is 4.60. The number of benzene rings is 1. The molecule has 0 bridgehead atoms. The molecule has 0 N–H and O–H groups in total. The van der Waals surface area contributed by atoms with E-state index in [0.717, 1.165) is 6.07 Å². The summed E-state index contributed by atoms with van der Waals surface area (Å²) in [7, 11) is 1.26. The minimum atomic E-state index is -0.642. The van der Waals surface area contributed by atoms with Crippen molar-refractivity contribution in [2.45, 2.75) is 6.42 Å². The molecule has 0 aliphatic carbocycles. The van der Waals surface area contributed by atoms with E-state index < -0.39 is 11.8 Å². The van der Waals surface area contributed by atoms with E-state index in [9.17, 15) is 9.18 Å². The summed E-state index contributed by atoms with van der Waals surface area (Å²) in [5, 5.41) is 0.0889. The number of methoxy groups -OCH3 is 1. The van der Waals surface area contributed by atoms with E-state index in [0.29, 0.717) is 0 Å². The Morgan fingerprint density at radius 2 is 2.19 bits per heavy atom. The Hall–Kier alpha value is -1.24. The van der Waals surface area contributed by atoms with Gasteiger partial charge in [0, 0.05) is 10.6 Å². The molecule has 0 aromatic heterocycles. The van der Waals surface area contributed by atoms with Crippen molar-refractivity contribution < 1.29 is 13.9 Å². The molecule has 0 spiro atoms. The molecule has 0 amide bonds. The van der Waals surface area contributed by atoms with E-state index in [2.05, 4.69) is 16.6 Å². The molecule has 1 rings (SSSR count). The number of ether oxygens (including phenoxy) is 1. The van der Waals surface area contributed by atoms with Gasteiger partial charge in [0.2, 0.25) is 0 Å². The summed E-state index contributed by atoms with van der Waals surface area (Å²) in [6.07, 6.45) is -0.0824. The summed E-state index contributed by atoms with van der Waals surface area (Å²) < 4.78 is 17.5. The highest BCUT2D eigenvalue weighted by Gasteiger charge is 2.06. The highest BCUT2D eigenvalue weighted by Crippen LogP contribution is 2.23. The lowest BCUT2D eigenvalue weighted by Crippen LogP contribution is -1.97. The molecular formula is C11H7Cl2FO2. The largest absolute Gasteiger partial charge is 0.468 e. The van der Waals surface area contributed by atoms with Crippen LogP contribution in [-0.2, 0) is 9.53 Å². The van der Waals surface area contributed by atoms with Gasteiger partial charge in [-0.2, -0.15) is 0 Å². The average Bonchev–Trinajstić information content (AvgIpc) is 2.24. The average molecular weight is 261 g/mol. The van der Waals surface area contributed by atoms with Crippen LogP contribution in [0.25, 0.3) is 0 Å². The number of hydrogen-bond acceptors (Lipinski definition) is 2. The van der Waals surface area contributed by atoms with Gasteiger partial charge >= 0.3 is 5.97 Å². The second-order valence-corrected chi connectivity index (χ2v) is 3.62. The van der Waals surface area contributed by atoms with E-state index in [-0.39, 0.29) is 22.0 Å². The third-order valence-electron chi connectivity index (χ3n) is 1.68. The van der Waals surface area contributed by atoms with E-state index in [1.165, 1.54) is 13.2 Å². The fourth-order valence-electron chi connectivity index (χ4n) is 0.931. The fraction of sp³-hybridized carbons (Fsp3) is 0.182. The summed E-state index contributed by atoms with van der Waals surface area (Å²) >= 11 is 11.3. The monoisotopic (exact) mass is 260 g/mol. The van der Waals surface area contributed by atoms with Crippen LogP contribution in [0.15, 0.2) is 12.1 Å². The molecule has 1 aromatic rings. The van der Waals surface area contributed by atoms with Gasteiger partial charge in [-0.1, -0.05) is 35.0 Å². The van der Waals surface area contributed by atoms with Crippen molar-refractivity contribution in [2.24, 2.45) is 0 Å². The maximum atomic E-state index is 13.1. The van der Waals surface area contributed by atoms with Crippen LogP contribution in [0.2, 0.25) is 10.0 Å². The van der Waals surface area contributed by atoms with Crippen molar-refractivity contribution in [1.82, 2.24) is 0 Å². The van der Waals surface area contributed by atoms with Gasteiger partial charge in [0.25, 0.3) is 0 Å². The molecule has 5 heteroatoms. The SMILES string of the molecule is COC(=O)CC#Cc1cc(Cl)cc(F)c1Cl. The molecule has 0 aliphatic heterocycles. The van der Waals surface area contributed by atoms with Gasteiger partial charge in [-0.05, 0) is 12.1 Å². The van der Waals surface area contributed by atoms with E-state index in [1.54, 1.807) is 0 Å². The molecule has 0 saturated heterocycles. The van der Waals surface area contributed by atoms with Gasteiger partial charge in [-0.3, -0.25) is 4.79 Å². The van der Waals surface area contributed by atoms with Crippen LogP contribution in [0.1, 0.15) is 12.0 Å². The number of rotatable bonds is 1. The summed E-state index contributed by atoms with van der Waals surface area (Å²) in [6, 6.07) is 2.52. The van der Waals surface area contributed by atoms with Gasteiger partial charge in [-0.15, -0.1) is 0 Å². The lowest BCUT2D eigenvalue weighted by Gasteiger charge is -1.98. The van der Waals surface area contributed by atoms with Gasteiger partial charge in [0.1, 0.15) is 12.2 Å². The zero-order valence-electron chi connectivity index (χ0n) is 8.31. The molecule has 1 aromatic carbocycles. The zero-order valence-corrected chi connectivity index (χ0v) is 9.82. The molecule has 16 heavy (non-hydrogen) atoms. The topological polar surface area (TPSA) is 26.3 Å². The number of carbonyl (C=O) groups is 1. The Bertz CT molecular complexity index is 475. The van der Waals surface area contributed by atoms with Crippen molar-refractivity contribution in [3.8, 4) is 11.8 Å². The van der Waals surface area contributed by atoms with Crippen molar-refractivity contribution in [3.63, 3.8) is 0 Å². The minimum Gasteiger partial charge on any atom is -0.468 e. The molecule has 0 fully saturated rings. The Balaban J connectivity index is 2.92. The number of carbonyl (C=O) groups excluding carboxylic acids is 1. The first-order chi connectivity index (χ1) is 7.54. The van der Waals surface area contributed by atoms with Crippen LogP contribution < -0.4 is 0 Å². The lowest BCUT2D eigenvalue weighted by molar-refractivity contribution is -0.139. The molecule has 0 saturated carbocycles. The molecule has 0 heterocycles. The van der Waals surface area contributed by atoms with Crippen LogP contribution in [0.3, 0.4) is 0 Å². The number of hydrogen-bond donors (Lipinski definition) is 0. The van der Waals surface area contributed by atoms with Crippen molar-refractivity contribution in [1.29, 1.82) is 0 Å². The third-order valence-corrected chi connectivity index (χ3v) is 2.28. The second kappa shape index (κ2) is 5.74. The van der Waals surface area contributed by atoms with E-state index in [1.807, 2.05) is 0 Å². The van der Waals surface area contributed by atoms with Gasteiger partial charge in [-0.25, -0.2) is 4.39 Å². The normalized spacial score (nSPS) is 9.25. The van der Waals surface area contributed by atoms with Crippen LogP contribution in [-0.4, -0.2) is 13.1 Å². The molecule has 0 radical (unpaired) electrons. The maximum absolute atomic E-state index is 13.1. The third kappa shape index (κ3) is 3.41. The number of halogens is 3. The second-order valence-electron chi connectivity index (χ2n) is 2.80.